The van der Waals surface area contributed by atoms with Crippen molar-refractivity contribution in [2.75, 3.05) is 5.32 Å². The molecule has 1 N–H and O–H groups in total. The minimum atomic E-state index is -0.320. The van der Waals surface area contributed by atoms with Crippen LogP contribution in [-0.4, -0.2) is 20.9 Å². The van der Waals surface area contributed by atoms with Crippen LogP contribution in [0.25, 0.3) is 27.5 Å². The van der Waals surface area contributed by atoms with Gasteiger partial charge in [-0.2, -0.15) is 0 Å². The molecule has 0 saturated carbocycles. The zero-order chi connectivity index (χ0) is 20.0. The number of hydrogen-bond donors (Lipinski definition) is 1. The maximum absolute atomic E-state index is 12.4. The second kappa shape index (κ2) is 6.86. The van der Waals surface area contributed by atoms with Gasteiger partial charge in [0.1, 0.15) is 11.0 Å². The number of amides is 1. The summed E-state index contributed by atoms with van der Waals surface area (Å²) in [6.45, 7) is 1.92. The number of carbonyl (C=O) groups excluding carboxylic acids is 1. The molecule has 7 heteroatoms. The van der Waals surface area contributed by atoms with Crippen LogP contribution in [0.5, 0.6) is 0 Å². The highest BCUT2D eigenvalue weighted by Crippen LogP contribution is 2.26. The molecular weight excluding hydrogens is 432 g/mol. The Morgan fingerprint density at radius 3 is 2.55 bits per heavy atom. The molecule has 1 amide bonds. The number of hydrogen-bond acceptors (Lipinski definition) is 4. The number of furan rings is 1. The largest absolute Gasteiger partial charge is 0.444 e. The predicted molar refractivity (Wildman–Crippen MR) is 115 cm³/mol. The molecule has 0 aliphatic rings. The molecule has 5 rings (SSSR count). The lowest BCUT2D eigenvalue weighted by molar-refractivity contribution is 0.0995. The number of aryl methyl sites for hydroxylation is 1. The van der Waals surface area contributed by atoms with Crippen LogP contribution >= 0.6 is 15.9 Å². The van der Waals surface area contributed by atoms with Crippen molar-refractivity contribution in [3.05, 3.63) is 82.7 Å². The minimum absolute atomic E-state index is 0.232. The first-order valence-electron chi connectivity index (χ1n) is 9.01. The topological polar surface area (TPSA) is 73.0 Å². The van der Waals surface area contributed by atoms with E-state index < -0.39 is 0 Å². The van der Waals surface area contributed by atoms with Crippen molar-refractivity contribution in [1.82, 2.24) is 15.0 Å². The Kier molecular flexibility index (Phi) is 4.17. The van der Waals surface area contributed by atoms with Gasteiger partial charge in [-0.3, -0.25) is 4.79 Å². The van der Waals surface area contributed by atoms with Crippen LogP contribution in [0.3, 0.4) is 0 Å². The smallest absolute Gasteiger partial charge is 0.291 e. The van der Waals surface area contributed by atoms with Gasteiger partial charge >= 0.3 is 0 Å². The number of aromatic nitrogens is 3. The zero-order valence-corrected chi connectivity index (χ0v) is 17.0. The van der Waals surface area contributed by atoms with Gasteiger partial charge in [-0.1, -0.05) is 36.4 Å². The predicted octanol–water partition coefficient (Wildman–Crippen LogP) is 5.49. The van der Waals surface area contributed by atoms with Gasteiger partial charge in [-0.05, 0) is 64.1 Å². The number of halogens is 1. The molecule has 0 spiro atoms. The van der Waals surface area contributed by atoms with Crippen LogP contribution in [-0.2, 0) is 0 Å². The maximum atomic E-state index is 12.4. The van der Waals surface area contributed by atoms with Crippen molar-refractivity contribution in [3.63, 3.8) is 0 Å². The molecule has 0 atom stereocenters. The van der Waals surface area contributed by atoms with Crippen LogP contribution in [0.1, 0.15) is 16.1 Å². The number of anilines is 1. The second-order valence-electron chi connectivity index (χ2n) is 6.70. The summed E-state index contributed by atoms with van der Waals surface area (Å²) >= 11 is 3.21. The minimum Gasteiger partial charge on any atom is -0.444 e. The molecule has 2 aromatic heterocycles. The van der Waals surface area contributed by atoms with Crippen molar-refractivity contribution in [3.8, 4) is 5.69 Å². The molecule has 142 valence electrons. The fourth-order valence-corrected chi connectivity index (χ4v) is 3.62. The number of nitrogens with zero attached hydrogens (tertiary/aromatic N) is 3. The summed E-state index contributed by atoms with van der Waals surface area (Å²) < 4.78 is 5.83. The fraction of sp³-hybridized carbons (Fsp3) is 0.0455. The number of carbonyl (C=O) groups is 1. The third-order valence-corrected chi connectivity index (χ3v) is 5.18. The van der Waals surface area contributed by atoms with Crippen LogP contribution < -0.4 is 5.32 Å². The van der Waals surface area contributed by atoms with Crippen molar-refractivity contribution < 1.29 is 9.21 Å². The van der Waals surface area contributed by atoms with E-state index >= 15 is 0 Å². The highest BCUT2D eigenvalue weighted by Gasteiger charge is 2.15. The highest BCUT2D eigenvalue weighted by atomic mass is 79.9. The van der Waals surface area contributed by atoms with Crippen LogP contribution in [0.15, 0.2) is 75.8 Å². The quantitative estimate of drug-likeness (QED) is 0.397. The molecule has 5 aromatic rings. The van der Waals surface area contributed by atoms with E-state index in [0.29, 0.717) is 15.9 Å². The average molecular weight is 447 g/mol. The Hall–Kier alpha value is -3.45. The Morgan fingerprint density at radius 1 is 1.00 bits per heavy atom. The van der Waals surface area contributed by atoms with Crippen LogP contribution in [0.2, 0.25) is 0 Å². The number of fused-ring (bicyclic) bond motifs is 2. The molecule has 2 heterocycles. The maximum Gasteiger partial charge on any atom is 0.291 e. The number of benzene rings is 3. The summed E-state index contributed by atoms with van der Waals surface area (Å²) in [5.41, 5.74) is 3.91. The van der Waals surface area contributed by atoms with Gasteiger partial charge in [0.25, 0.3) is 5.91 Å². The second-order valence-corrected chi connectivity index (χ2v) is 7.48. The Labute approximate surface area is 174 Å². The van der Waals surface area contributed by atoms with E-state index in [1.807, 2.05) is 43.3 Å². The normalized spacial score (nSPS) is 11.2. The van der Waals surface area contributed by atoms with E-state index in [1.54, 1.807) is 16.9 Å². The first-order chi connectivity index (χ1) is 14.1. The summed E-state index contributed by atoms with van der Waals surface area (Å²) in [6, 6.07) is 21.2. The average Bonchev–Trinajstić information content (AvgIpc) is 3.33. The SMILES string of the molecule is Cc1cc2nn(-c3cccc4ccccc34)nc2cc1NC(=O)c1ccc(Br)o1. The van der Waals surface area contributed by atoms with Gasteiger partial charge in [-0.25, -0.2) is 0 Å². The molecule has 0 unspecified atom stereocenters. The molecule has 0 aliphatic carbocycles. The van der Waals surface area contributed by atoms with E-state index in [4.69, 9.17) is 4.42 Å². The van der Waals surface area contributed by atoms with Crippen LogP contribution in [0.4, 0.5) is 5.69 Å². The lowest BCUT2D eigenvalue weighted by Gasteiger charge is -2.06. The molecule has 0 aliphatic heterocycles. The number of rotatable bonds is 3. The molecule has 3 aromatic carbocycles. The standard InChI is InChI=1S/C22H15BrN4O2/c1-13-11-17-18(12-16(13)24-22(28)20-9-10-21(23)29-20)26-27(25-17)19-8-4-6-14-5-2-3-7-15(14)19/h2-12H,1H3,(H,24,28). The Bertz CT molecular complexity index is 1380. The highest BCUT2D eigenvalue weighted by molar-refractivity contribution is 9.10. The third-order valence-electron chi connectivity index (χ3n) is 4.75. The molecule has 0 fully saturated rings. The lowest BCUT2D eigenvalue weighted by Crippen LogP contribution is -2.11. The molecule has 0 radical (unpaired) electrons. The number of nitrogens with one attached hydrogen (secondary N) is 1. The van der Waals surface area contributed by atoms with E-state index in [1.165, 1.54) is 0 Å². The van der Waals surface area contributed by atoms with Gasteiger partial charge < -0.3 is 9.73 Å². The summed E-state index contributed by atoms with van der Waals surface area (Å²) in [7, 11) is 0. The van der Waals surface area contributed by atoms with Crippen molar-refractivity contribution in [1.29, 1.82) is 0 Å². The Balaban J connectivity index is 1.55. The first-order valence-corrected chi connectivity index (χ1v) is 9.80. The van der Waals surface area contributed by atoms with Crippen LogP contribution in [0, 0.1) is 6.92 Å². The van der Waals surface area contributed by atoms with Crippen molar-refractivity contribution in [2.45, 2.75) is 6.92 Å². The van der Waals surface area contributed by atoms with E-state index in [-0.39, 0.29) is 11.7 Å². The van der Waals surface area contributed by atoms with E-state index in [0.717, 1.165) is 27.5 Å². The van der Waals surface area contributed by atoms with Gasteiger partial charge in [-0.15, -0.1) is 15.0 Å². The Morgan fingerprint density at radius 2 is 1.76 bits per heavy atom. The first kappa shape index (κ1) is 17.6. The molecule has 0 bridgehead atoms. The van der Waals surface area contributed by atoms with Crippen molar-refractivity contribution in [2.24, 2.45) is 0 Å². The lowest BCUT2D eigenvalue weighted by atomic mass is 10.1. The van der Waals surface area contributed by atoms with E-state index in [9.17, 15) is 4.79 Å². The summed E-state index contributed by atoms with van der Waals surface area (Å²) in [5.74, 6) is -0.0876. The van der Waals surface area contributed by atoms with E-state index in [2.05, 4.69) is 49.6 Å². The van der Waals surface area contributed by atoms with Gasteiger partial charge in [0.05, 0.1) is 5.69 Å². The summed E-state index contributed by atoms with van der Waals surface area (Å²) in [5, 5.41) is 14.4. The fourth-order valence-electron chi connectivity index (χ4n) is 3.31. The van der Waals surface area contributed by atoms with Crippen molar-refractivity contribution >= 4 is 49.3 Å². The zero-order valence-electron chi connectivity index (χ0n) is 15.4. The van der Waals surface area contributed by atoms with Gasteiger partial charge in [0.2, 0.25) is 0 Å². The molecule has 29 heavy (non-hydrogen) atoms. The van der Waals surface area contributed by atoms with Gasteiger partial charge in [0, 0.05) is 11.1 Å². The molecular formula is C22H15BrN4O2. The molecule has 6 nitrogen and oxygen atoms in total. The monoisotopic (exact) mass is 446 g/mol. The molecule has 0 saturated heterocycles. The van der Waals surface area contributed by atoms with Gasteiger partial charge in [0.15, 0.2) is 10.4 Å². The third kappa shape index (κ3) is 3.19. The summed E-state index contributed by atoms with van der Waals surface area (Å²) in [6.07, 6.45) is 0. The summed E-state index contributed by atoms with van der Waals surface area (Å²) in [4.78, 5) is 14.1.